The lowest BCUT2D eigenvalue weighted by Gasteiger charge is -2.42. The predicted molar refractivity (Wildman–Crippen MR) is 134 cm³/mol. The average molecular weight is 533 g/mol. The lowest BCUT2D eigenvalue weighted by molar-refractivity contribution is -0.140. The molecule has 7 nitrogen and oxygen atoms in total. The molecule has 1 aliphatic heterocycles. The minimum atomic E-state index is -3.67. The number of carboxylic acid groups (broad SMARTS) is 1. The van der Waals surface area contributed by atoms with Crippen molar-refractivity contribution in [3.05, 3.63) is 105 Å². The van der Waals surface area contributed by atoms with Gasteiger partial charge >= 0.3 is 5.97 Å². The van der Waals surface area contributed by atoms with Crippen LogP contribution in [0.2, 0.25) is 10.0 Å². The van der Waals surface area contributed by atoms with Crippen molar-refractivity contribution >= 4 is 45.1 Å². The average Bonchev–Trinajstić information content (AvgIpc) is 2.80. The Labute approximate surface area is 213 Å². The Hall–Kier alpha value is -2.91. The zero-order valence-corrected chi connectivity index (χ0v) is 20.9. The number of fused-ring (bicyclic) bond motifs is 1. The third-order valence-electron chi connectivity index (χ3n) is 5.92. The number of hydrogen-bond acceptors (Lipinski definition) is 4. The van der Waals surface area contributed by atoms with Crippen LogP contribution in [-0.2, 0) is 14.8 Å². The third kappa shape index (κ3) is 5.36. The van der Waals surface area contributed by atoms with Crippen molar-refractivity contribution in [3.63, 3.8) is 0 Å². The molecule has 182 valence electrons. The van der Waals surface area contributed by atoms with E-state index >= 15 is 0 Å². The highest BCUT2D eigenvalue weighted by Gasteiger charge is 2.45. The molecule has 0 radical (unpaired) electrons. The van der Waals surface area contributed by atoms with E-state index in [9.17, 15) is 23.1 Å². The van der Waals surface area contributed by atoms with Gasteiger partial charge in [-0.05, 0) is 34.9 Å². The summed E-state index contributed by atoms with van der Waals surface area (Å²) in [6.45, 7) is -0.127. The molecule has 0 saturated carbocycles. The Kier molecular flexibility index (Phi) is 7.19. The fourth-order valence-corrected chi connectivity index (χ4v) is 5.75. The summed E-state index contributed by atoms with van der Waals surface area (Å²) in [4.78, 5) is 27.7. The van der Waals surface area contributed by atoms with E-state index in [2.05, 4.69) is 4.72 Å². The molecule has 0 aromatic heterocycles. The van der Waals surface area contributed by atoms with Crippen LogP contribution in [-0.4, -0.2) is 43.1 Å². The maximum atomic E-state index is 13.8. The summed E-state index contributed by atoms with van der Waals surface area (Å²) < 4.78 is 27.0. The number of benzene rings is 3. The van der Waals surface area contributed by atoms with Gasteiger partial charge in [0.2, 0.25) is 10.0 Å². The molecule has 10 heteroatoms. The number of hydrogen-bond donors (Lipinski definition) is 2. The van der Waals surface area contributed by atoms with E-state index in [1.807, 2.05) is 0 Å². The van der Waals surface area contributed by atoms with Gasteiger partial charge in [0.05, 0.1) is 18.3 Å². The molecule has 0 fully saturated rings. The highest BCUT2D eigenvalue weighted by atomic mass is 35.5. The molecular weight excluding hydrogens is 511 g/mol. The summed E-state index contributed by atoms with van der Waals surface area (Å²) >= 11 is 12.6. The second-order valence-electron chi connectivity index (χ2n) is 8.32. The fraction of sp³-hybridized carbons (Fsp3) is 0.200. The molecule has 0 aliphatic carbocycles. The van der Waals surface area contributed by atoms with E-state index in [1.54, 1.807) is 66.7 Å². The molecule has 1 aliphatic rings. The molecule has 0 saturated heterocycles. The fourth-order valence-electron chi connectivity index (χ4n) is 4.50. The van der Waals surface area contributed by atoms with E-state index in [0.29, 0.717) is 21.7 Å². The molecule has 3 aromatic rings. The Morgan fingerprint density at radius 2 is 1.69 bits per heavy atom. The van der Waals surface area contributed by atoms with Gasteiger partial charge in [0, 0.05) is 22.2 Å². The summed E-state index contributed by atoms with van der Waals surface area (Å²) in [6.07, 6.45) is 1.03. The van der Waals surface area contributed by atoms with Crippen LogP contribution in [0.3, 0.4) is 0 Å². The molecular formula is C25H22Cl2N2O5S. The smallest absolute Gasteiger partial charge is 0.313 e. The Balaban J connectivity index is 1.90. The van der Waals surface area contributed by atoms with E-state index < -0.39 is 39.9 Å². The number of carboxylic acids is 1. The second-order valence-corrected chi connectivity index (χ2v) is 10.9. The highest BCUT2D eigenvalue weighted by molar-refractivity contribution is 7.88. The quantitative estimate of drug-likeness (QED) is 0.460. The molecule has 3 aromatic carbocycles. The first-order valence-corrected chi connectivity index (χ1v) is 13.3. The van der Waals surface area contributed by atoms with Crippen molar-refractivity contribution in [1.29, 1.82) is 0 Å². The van der Waals surface area contributed by atoms with Gasteiger partial charge in [-0.3, -0.25) is 9.59 Å². The van der Waals surface area contributed by atoms with Crippen molar-refractivity contribution in [2.75, 3.05) is 12.8 Å². The lowest BCUT2D eigenvalue weighted by Crippen LogP contribution is -2.48. The molecule has 1 amide bonds. The van der Waals surface area contributed by atoms with Crippen LogP contribution in [0.4, 0.5) is 0 Å². The predicted octanol–water partition coefficient (Wildman–Crippen LogP) is 4.65. The summed E-state index contributed by atoms with van der Waals surface area (Å²) in [5.74, 6) is -2.71. The van der Waals surface area contributed by atoms with Gasteiger partial charge in [0.15, 0.2) is 0 Å². The van der Waals surface area contributed by atoms with Gasteiger partial charge in [-0.15, -0.1) is 0 Å². The molecule has 3 unspecified atom stereocenters. The van der Waals surface area contributed by atoms with Crippen LogP contribution in [0.25, 0.3) is 0 Å². The van der Waals surface area contributed by atoms with Crippen molar-refractivity contribution in [2.45, 2.75) is 18.0 Å². The van der Waals surface area contributed by atoms with Gasteiger partial charge < -0.3 is 10.0 Å². The summed E-state index contributed by atoms with van der Waals surface area (Å²) in [5.41, 5.74) is 1.63. The molecule has 0 spiro atoms. The van der Waals surface area contributed by atoms with Crippen LogP contribution >= 0.6 is 23.2 Å². The first-order chi connectivity index (χ1) is 16.6. The molecule has 2 N–H and O–H groups in total. The van der Waals surface area contributed by atoms with Crippen LogP contribution in [0, 0.1) is 0 Å². The normalized spacial score (nSPS) is 18.7. The van der Waals surface area contributed by atoms with Crippen LogP contribution < -0.4 is 4.72 Å². The SMILES string of the molecule is CS(=O)(=O)NC(CN1C(=O)c2ccccc2C(C(=O)O)C1c1ccc(Cl)cc1Cl)c1ccccc1. The second kappa shape index (κ2) is 9.99. The topological polar surface area (TPSA) is 104 Å². The maximum Gasteiger partial charge on any atom is 0.313 e. The van der Waals surface area contributed by atoms with Gasteiger partial charge in [0.25, 0.3) is 5.91 Å². The molecule has 3 atom stereocenters. The van der Waals surface area contributed by atoms with E-state index in [4.69, 9.17) is 23.2 Å². The van der Waals surface area contributed by atoms with Crippen LogP contribution in [0.1, 0.15) is 45.0 Å². The van der Waals surface area contributed by atoms with Gasteiger partial charge in [-0.2, -0.15) is 0 Å². The van der Waals surface area contributed by atoms with Gasteiger partial charge in [-0.25, -0.2) is 13.1 Å². The Morgan fingerprint density at radius 1 is 1.03 bits per heavy atom. The molecule has 0 bridgehead atoms. The van der Waals surface area contributed by atoms with Crippen molar-refractivity contribution in [3.8, 4) is 0 Å². The minimum Gasteiger partial charge on any atom is -0.481 e. The number of carbonyl (C=O) groups excluding carboxylic acids is 1. The Bertz CT molecular complexity index is 1380. The first-order valence-electron chi connectivity index (χ1n) is 10.7. The summed E-state index contributed by atoms with van der Waals surface area (Å²) in [6, 6.07) is 18.1. The molecule has 1 heterocycles. The molecule has 35 heavy (non-hydrogen) atoms. The third-order valence-corrected chi connectivity index (χ3v) is 7.20. The molecule has 4 rings (SSSR count). The zero-order valence-electron chi connectivity index (χ0n) is 18.6. The van der Waals surface area contributed by atoms with Crippen molar-refractivity contribution < 1.29 is 23.1 Å². The van der Waals surface area contributed by atoms with Crippen LogP contribution in [0.15, 0.2) is 72.8 Å². The number of carbonyl (C=O) groups is 2. The number of amides is 1. The highest BCUT2D eigenvalue weighted by Crippen LogP contribution is 2.45. The maximum absolute atomic E-state index is 13.8. The van der Waals surface area contributed by atoms with Gasteiger partial charge in [0.1, 0.15) is 5.92 Å². The number of aliphatic carboxylic acids is 1. The van der Waals surface area contributed by atoms with E-state index in [-0.39, 0.29) is 17.1 Å². The number of nitrogens with zero attached hydrogens (tertiary/aromatic N) is 1. The lowest BCUT2D eigenvalue weighted by atomic mass is 9.79. The monoisotopic (exact) mass is 532 g/mol. The number of nitrogens with one attached hydrogen (secondary N) is 1. The van der Waals surface area contributed by atoms with Crippen molar-refractivity contribution in [2.24, 2.45) is 0 Å². The van der Waals surface area contributed by atoms with E-state index in [0.717, 1.165) is 6.26 Å². The zero-order chi connectivity index (χ0) is 25.3. The number of rotatable bonds is 7. The van der Waals surface area contributed by atoms with Crippen LogP contribution in [0.5, 0.6) is 0 Å². The number of sulfonamides is 1. The summed E-state index contributed by atoms with van der Waals surface area (Å²) in [7, 11) is -3.67. The van der Waals surface area contributed by atoms with E-state index in [1.165, 1.54) is 11.0 Å². The number of halogens is 2. The minimum absolute atomic E-state index is 0.127. The van der Waals surface area contributed by atoms with Gasteiger partial charge in [-0.1, -0.05) is 77.8 Å². The van der Waals surface area contributed by atoms with Crippen molar-refractivity contribution in [1.82, 2.24) is 9.62 Å². The summed E-state index contributed by atoms with van der Waals surface area (Å²) in [5, 5.41) is 10.9. The first kappa shape index (κ1) is 25.2. The Morgan fingerprint density at radius 3 is 2.31 bits per heavy atom. The largest absolute Gasteiger partial charge is 0.481 e. The standard InChI is InChI=1S/C25H22Cl2N2O5S/c1-35(33,34)28-21(15-7-3-2-4-8-15)14-29-23(19-12-11-16(26)13-20(19)27)22(25(31)32)17-9-5-6-10-18(17)24(29)30/h2-13,21-23,28H,14H2,1H3,(H,31,32).